The molecule has 2 saturated heterocycles. The number of methoxy groups -OCH3 is 1. The van der Waals surface area contributed by atoms with Crippen LogP contribution in [0.5, 0.6) is 5.75 Å². The molecule has 3 aliphatic rings. The first-order valence-electron chi connectivity index (χ1n) is 12.6. The van der Waals surface area contributed by atoms with Gasteiger partial charge in [-0.05, 0) is 36.4 Å². The average Bonchev–Trinajstić information content (AvgIpc) is 3.40. The van der Waals surface area contributed by atoms with Gasteiger partial charge in [-0.2, -0.15) is 0 Å². The summed E-state index contributed by atoms with van der Waals surface area (Å²) in [4.78, 5) is 44.0. The molecule has 2 aromatic rings. The van der Waals surface area contributed by atoms with Crippen molar-refractivity contribution in [2.45, 2.75) is 19.0 Å². The van der Waals surface area contributed by atoms with Gasteiger partial charge in [0.15, 0.2) is 0 Å². The lowest BCUT2D eigenvalue weighted by atomic mass is 9.99. The number of piperazine rings is 1. The van der Waals surface area contributed by atoms with Crippen LogP contribution in [0.25, 0.3) is 0 Å². The fourth-order valence-corrected chi connectivity index (χ4v) is 4.97. The molecule has 2 fully saturated rings. The minimum atomic E-state index is -1.58. The predicted molar refractivity (Wildman–Crippen MR) is 141 cm³/mol. The molecule has 0 spiro atoms. The second-order valence-electron chi connectivity index (χ2n) is 9.60. The second-order valence-corrected chi connectivity index (χ2v) is 9.60. The fourth-order valence-electron chi connectivity index (χ4n) is 4.97. The van der Waals surface area contributed by atoms with E-state index in [4.69, 9.17) is 10.1 Å². The summed E-state index contributed by atoms with van der Waals surface area (Å²) in [5.41, 5.74) is 1.16. The number of likely N-dealkylation sites (N-methyl/N-ethyl adjacent to an activating group) is 1. The van der Waals surface area contributed by atoms with E-state index >= 15 is 0 Å². The van der Waals surface area contributed by atoms with Gasteiger partial charge in [0.1, 0.15) is 11.6 Å². The molecule has 1 unspecified atom stereocenters. The van der Waals surface area contributed by atoms with Crippen molar-refractivity contribution in [3.63, 3.8) is 0 Å². The maximum absolute atomic E-state index is 13.1. The van der Waals surface area contributed by atoms with Crippen molar-refractivity contribution >= 4 is 23.7 Å². The third kappa shape index (κ3) is 4.80. The normalized spacial score (nSPS) is 20.9. The molecule has 10 heteroatoms. The highest BCUT2D eigenvalue weighted by Gasteiger charge is 2.48. The van der Waals surface area contributed by atoms with Crippen LogP contribution >= 0.6 is 0 Å². The highest BCUT2D eigenvalue weighted by molar-refractivity contribution is 6.10. The Bertz CT molecular complexity index is 1350. The van der Waals surface area contributed by atoms with Crippen molar-refractivity contribution < 1.29 is 19.1 Å². The van der Waals surface area contributed by atoms with Crippen LogP contribution in [-0.2, 0) is 11.3 Å². The maximum atomic E-state index is 13.1. The van der Waals surface area contributed by atoms with Gasteiger partial charge in [0.2, 0.25) is 5.54 Å². The van der Waals surface area contributed by atoms with E-state index in [0.29, 0.717) is 29.3 Å². The number of carbonyl (C=O) groups is 3. The highest BCUT2D eigenvalue weighted by Crippen LogP contribution is 2.28. The lowest BCUT2D eigenvalue weighted by Gasteiger charge is -2.35. The van der Waals surface area contributed by atoms with E-state index < -0.39 is 17.5 Å². The third-order valence-electron chi connectivity index (χ3n) is 7.28. The van der Waals surface area contributed by atoms with Gasteiger partial charge in [0, 0.05) is 49.4 Å². The van der Waals surface area contributed by atoms with E-state index in [1.54, 1.807) is 24.3 Å². The van der Waals surface area contributed by atoms with Gasteiger partial charge >= 0.3 is 6.03 Å². The molecule has 196 valence electrons. The number of amides is 4. The van der Waals surface area contributed by atoms with E-state index in [0.717, 1.165) is 43.9 Å². The largest absolute Gasteiger partial charge is 0.497 e. The van der Waals surface area contributed by atoms with Gasteiger partial charge in [0.25, 0.3) is 11.8 Å². The molecule has 0 saturated carbocycles. The minimum absolute atomic E-state index is 0.0974. The van der Waals surface area contributed by atoms with Gasteiger partial charge in [0.05, 0.1) is 13.7 Å². The summed E-state index contributed by atoms with van der Waals surface area (Å²) >= 11 is 0. The van der Waals surface area contributed by atoms with Crippen molar-refractivity contribution in [3.8, 4) is 17.6 Å². The Kier molecular flexibility index (Phi) is 6.78. The number of nitrogens with zero attached hydrogens (tertiary/aromatic N) is 3. The molecule has 4 amide bonds. The third-order valence-corrected chi connectivity index (χ3v) is 7.28. The van der Waals surface area contributed by atoms with Gasteiger partial charge in [-0.15, -0.1) is 0 Å². The number of hydrogen-bond donors (Lipinski definition) is 3. The average molecular weight is 515 g/mol. The fraction of sp³-hybridized carbons (Fsp3) is 0.357. The van der Waals surface area contributed by atoms with Crippen LogP contribution in [0.15, 0.2) is 42.5 Å². The van der Waals surface area contributed by atoms with E-state index in [1.807, 2.05) is 18.2 Å². The summed E-state index contributed by atoms with van der Waals surface area (Å²) < 4.78 is 5.23. The second kappa shape index (κ2) is 10.2. The van der Waals surface area contributed by atoms with Crippen LogP contribution in [0.4, 0.5) is 4.79 Å². The van der Waals surface area contributed by atoms with Gasteiger partial charge in [-0.1, -0.05) is 37.0 Å². The Hall–Kier alpha value is -4.36. The summed E-state index contributed by atoms with van der Waals surface area (Å²) in [6.07, 6.45) is 0. The van der Waals surface area contributed by atoms with Crippen LogP contribution in [0.1, 0.15) is 34.0 Å². The van der Waals surface area contributed by atoms with Crippen LogP contribution in [0.3, 0.4) is 0 Å². The molecule has 0 bridgehead atoms. The lowest BCUT2D eigenvalue weighted by molar-refractivity contribution is -0.122. The van der Waals surface area contributed by atoms with Gasteiger partial charge < -0.3 is 24.8 Å². The number of nitrogens with one attached hydrogen (secondary N) is 3. The van der Waals surface area contributed by atoms with Crippen LogP contribution in [0, 0.1) is 17.3 Å². The number of urea groups is 1. The molecule has 0 radical (unpaired) electrons. The molecular formula is C28H30N6O4. The minimum Gasteiger partial charge on any atom is -0.497 e. The molecule has 3 heterocycles. The van der Waals surface area contributed by atoms with Crippen LogP contribution in [-0.4, -0.2) is 90.3 Å². The summed E-state index contributed by atoms with van der Waals surface area (Å²) in [5, 5.41) is 13.5. The number of ether oxygens (including phenoxy) is 1. The zero-order chi connectivity index (χ0) is 26.9. The first kappa shape index (κ1) is 25.3. The number of imide groups is 1. The SMILES string of the molecule is CCN1CCN(C(=N)c2ccc(C#CC3(CN4Cc5ccc(OC)cc5C4=O)NC(=O)NC3=O)cc2)CC1. The maximum Gasteiger partial charge on any atom is 0.323 e. The van der Waals surface area contributed by atoms with E-state index in [2.05, 4.69) is 39.2 Å². The number of fused-ring (bicyclic) bond motifs is 1. The molecule has 38 heavy (non-hydrogen) atoms. The number of amidine groups is 1. The molecule has 2 aromatic carbocycles. The van der Waals surface area contributed by atoms with Crippen LogP contribution in [0.2, 0.25) is 0 Å². The Morgan fingerprint density at radius 1 is 1.08 bits per heavy atom. The molecule has 10 nitrogen and oxygen atoms in total. The molecule has 0 aliphatic carbocycles. The van der Waals surface area contributed by atoms with Crippen molar-refractivity contribution in [3.05, 3.63) is 64.7 Å². The van der Waals surface area contributed by atoms with Gasteiger partial charge in [-0.3, -0.25) is 20.3 Å². The summed E-state index contributed by atoms with van der Waals surface area (Å²) in [7, 11) is 1.53. The van der Waals surface area contributed by atoms with E-state index in [1.165, 1.54) is 12.0 Å². The summed E-state index contributed by atoms with van der Waals surface area (Å²) in [6, 6.07) is 11.9. The summed E-state index contributed by atoms with van der Waals surface area (Å²) in [6.45, 7) is 6.88. The highest BCUT2D eigenvalue weighted by atomic mass is 16.5. The standard InChI is InChI=1S/C28H30N6O4/c1-3-32-12-14-33(15-13-32)24(29)20-6-4-19(5-7-20)10-11-28(26(36)30-27(37)31-28)18-34-17-21-8-9-22(38-2)16-23(21)25(34)35/h4-9,16,29H,3,12-15,17-18H2,1-2H3,(H2,30,31,36,37). The number of carbonyl (C=O) groups excluding carboxylic acids is 3. The van der Waals surface area contributed by atoms with Crippen molar-refractivity contribution in [1.29, 1.82) is 5.41 Å². The molecule has 3 N–H and O–H groups in total. The summed E-state index contributed by atoms with van der Waals surface area (Å²) in [5.74, 6) is 6.12. The molecule has 5 rings (SSSR count). The van der Waals surface area contributed by atoms with Crippen molar-refractivity contribution in [2.24, 2.45) is 0 Å². The smallest absolute Gasteiger partial charge is 0.323 e. The topological polar surface area (TPSA) is 118 Å². The predicted octanol–water partition coefficient (Wildman–Crippen LogP) is 1.24. The van der Waals surface area contributed by atoms with E-state index in [-0.39, 0.29) is 12.5 Å². The van der Waals surface area contributed by atoms with Crippen molar-refractivity contribution in [2.75, 3.05) is 46.4 Å². The molecular weight excluding hydrogens is 484 g/mol. The molecule has 0 aromatic heterocycles. The van der Waals surface area contributed by atoms with Gasteiger partial charge in [-0.25, -0.2) is 4.79 Å². The number of benzene rings is 2. The monoisotopic (exact) mass is 514 g/mol. The number of rotatable bonds is 5. The van der Waals surface area contributed by atoms with E-state index in [9.17, 15) is 14.4 Å². The first-order chi connectivity index (χ1) is 18.3. The molecule has 1 atom stereocenters. The Morgan fingerprint density at radius 3 is 2.45 bits per heavy atom. The number of hydrogen-bond acceptors (Lipinski definition) is 6. The zero-order valence-corrected chi connectivity index (χ0v) is 21.5. The lowest BCUT2D eigenvalue weighted by Crippen LogP contribution is -2.54. The molecule has 3 aliphatic heterocycles. The Balaban J connectivity index is 1.33. The zero-order valence-electron chi connectivity index (χ0n) is 21.5. The van der Waals surface area contributed by atoms with Crippen LogP contribution < -0.4 is 15.4 Å². The quantitative estimate of drug-likeness (QED) is 0.239. The first-order valence-corrected chi connectivity index (χ1v) is 12.6. The Labute approximate surface area is 221 Å². The van der Waals surface area contributed by atoms with Crippen molar-refractivity contribution in [1.82, 2.24) is 25.3 Å². The Morgan fingerprint density at radius 2 is 1.82 bits per heavy atom.